The first-order valence-electron chi connectivity index (χ1n) is 6.43. The van der Waals surface area contributed by atoms with Crippen LogP contribution >= 0.6 is 0 Å². The number of rotatable bonds is 1. The minimum Gasteiger partial charge on any atom is -0.371 e. The van der Waals surface area contributed by atoms with Gasteiger partial charge in [-0.25, -0.2) is 0 Å². The maximum atomic E-state index is 12.8. The molecule has 2 atom stereocenters. The summed E-state index contributed by atoms with van der Waals surface area (Å²) in [4.78, 5) is 0. The lowest BCUT2D eigenvalue weighted by Crippen LogP contribution is -2.65. The van der Waals surface area contributed by atoms with E-state index in [0.29, 0.717) is 0 Å². The molecule has 158 valence electrons. The van der Waals surface area contributed by atoms with Crippen LogP contribution in [0.25, 0.3) is 0 Å². The highest BCUT2D eigenvalue weighted by Crippen LogP contribution is 2.56. The molecule has 27 heavy (non-hydrogen) atoms. The van der Waals surface area contributed by atoms with Gasteiger partial charge in [0.15, 0.2) is 0 Å². The molecule has 2 aliphatic heterocycles. The minimum absolute atomic E-state index is 0.0562. The first-order valence-corrected chi connectivity index (χ1v) is 6.43. The Morgan fingerprint density at radius 1 is 0.815 bits per heavy atom. The van der Waals surface area contributed by atoms with Gasteiger partial charge in [-0.05, 0) is 6.08 Å². The lowest BCUT2D eigenvalue weighted by Gasteiger charge is -2.37. The van der Waals surface area contributed by atoms with E-state index >= 15 is 0 Å². The number of aliphatic hydroxyl groups is 1. The standard InChI is InChI=1S/C11H6F12O4/c12-8(13,14)6(24,9(15,16)17)4-1-2-5(26-4)3-25-7(27-5,10(18,19)20)11(21,22)23/h1-2,4,24H,3H2/t4-,5-/m1/s1. The molecule has 0 aromatic rings. The zero-order valence-electron chi connectivity index (χ0n) is 12.1. The van der Waals surface area contributed by atoms with E-state index in [4.69, 9.17) is 5.11 Å². The second-order valence-electron chi connectivity index (χ2n) is 5.47. The lowest BCUT2D eigenvalue weighted by molar-refractivity contribution is -0.459. The summed E-state index contributed by atoms with van der Waals surface area (Å²) in [6, 6.07) is 0. The monoisotopic (exact) mass is 430 g/mol. The molecule has 0 aromatic heterocycles. The summed E-state index contributed by atoms with van der Waals surface area (Å²) < 4.78 is 164. The first kappa shape index (κ1) is 22.0. The first-order chi connectivity index (χ1) is 11.7. The van der Waals surface area contributed by atoms with Crippen LogP contribution in [0.5, 0.6) is 0 Å². The van der Waals surface area contributed by atoms with Crippen LogP contribution < -0.4 is 0 Å². The molecule has 16 heteroatoms. The molecule has 2 heterocycles. The van der Waals surface area contributed by atoms with Gasteiger partial charge in [0, 0.05) is 0 Å². The fourth-order valence-corrected chi connectivity index (χ4v) is 2.32. The molecular weight excluding hydrogens is 424 g/mol. The summed E-state index contributed by atoms with van der Waals surface area (Å²) in [5.41, 5.74) is -5.63. The zero-order chi connectivity index (χ0) is 21.3. The van der Waals surface area contributed by atoms with Crippen molar-refractivity contribution in [1.82, 2.24) is 0 Å². The molecule has 1 N–H and O–H groups in total. The van der Waals surface area contributed by atoms with E-state index in [1.807, 2.05) is 0 Å². The average Bonchev–Trinajstić information content (AvgIpc) is 3.00. The Labute approximate surface area is 140 Å². The third kappa shape index (κ3) is 3.05. The van der Waals surface area contributed by atoms with Crippen LogP contribution in [0.3, 0.4) is 0 Å². The van der Waals surface area contributed by atoms with Crippen molar-refractivity contribution in [3.8, 4) is 0 Å². The van der Waals surface area contributed by atoms with Gasteiger partial charge in [-0.15, -0.1) is 0 Å². The van der Waals surface area contributed by atoms with Crippen molar-refractivity contribution in [3.05, 3.63) is 12.2 Å². The van der Waals surface area contributed by atoms with Crippen molar-refractivity contribution in [2.24, 2.45) is 0 Å². The van der Waals surface area contributed by atoms with E-state index in [-0.39, 0.29) is 12.2 Å². The van der Waals surface area contributed by atoms with Crippen LogP contribution in [0.2, 0.25) is 0 Å². The van der Waals surface area contributed by atoms with Crippen molar-refractivity contribution in [3.63, 3.8) is 0 Å². The highest BCUT2D eigenvalue weighted by atomic mass is 19.4. The maximum absolute atomic E-state index is 12.8. The molecule has 1 fully saturated rings. The van der Waals surface area contributed by atoms with Crippen molar-refractivity contribution < 1.29 is 72.0 Å². The van der Waals surface area contributed by atoms with Crippen LogP contribution in [0.1, 0.15) is 0 Å². The second kappa shape index (κ2) is 5.64. The third-order valence-corrected chi connectivity index (χ3v) is 3.67. The van der Waals surface area contributed by atoms with Gasteiger partial charge in [-0.3, -0.25) is 4.74 Å². The fraction of sp³-hybridized carbons (Fsp3) is 0.818. The Hall–Kier alpha value is -1.26. The predicted octanol–water partition coefficient (Wildman–Crippen LogP) is 3.36. The number of hydrogen-bond donors (Lipinski definition) is 1. The van der Waals surface area contributed by atoms with Crippen molar-refractivity contribution in [1.29, 1.82) is 0 Å². The average molecular weight is 430 g/mol. The van der Waals surface area contributed by atoms with Crippen molar-refractivity contribution in [2.75, 3.05) is 6.61 Å². The van der Waals surface area contributed by atoms with Gasteiger partial charge in [0.25, 0.3) is 5.60 Å². The van der Waals surface area contributed by atoms with Gasteiger partial charge < -0.3 is 14.6 Å². The summed E-state index contributed by atoms with van der Waals surface area (Å²) in [6.07, 6.45) is -29.2. The Bertz CT molecular complexity index is 587. The van der Waals surface area contributed by atoms with E-state index in [0.717, 1.165) is 0 Å². The van der Waals surface area contributed by atoms with Gasteiger partial charge in [-0.1, -0.05) is 6.08 Å². The van der Waals surface area contributed by atoms with Crippen LogP contribution in [0, 0.1) is 0 Å². The van der Waals surface area contributed by atoms with E-state index < -0.39 is 54.6 Å². The van der Waals surface area contributed by atoms with E-state index in [1.54, 1.807) is 0 Å². The number of halogens is 12. The minimum atomic E-state index is -6.45. The molecule has 0 radical (unpaired) electrons. The van der Waals surface area contributed by atoms with Crippen molar-refractivity contribution >= 4 is 0 Å². The topological polar surface area (TPSA) is 47.9 Å². The van der Waals surface area contributed by atoms with E-state index in [2.05, 4.69) is 14.2 Å². The third-order valence-electron chi connectivity index (χ3n) is 3.67. The summed E-state index contributed by atoms with van der Waals surface area (Å²) in [5.74, 6) is -8.76. The largest absolute Gasteiger partial charge is 0.453 e. The summed E-state index contributed by atoms with van der Waals surface area (Å²) in [6.45, 7) is -1.86. The smallest absolute Gasteiger partial charge is 0.371 e. The molecular formula is C11H6F12O4. The molecule has 2 aliphatic rings. The molecule has 4 nitrogen and oxygen atoms in total. The molecule has 0 saturated carbocycles. The number of alkyl halides is 12. The molecule has 0 unspecified atom stereocenters. The van der Waals surface area contributed by atoms with Crippen LogP contribution in [-0.4, -0.2) is 59.7 Å². The van der Waals surface area contributed by atoms with Crippen molar-refractivity contribution in [2.45, 2.75) is 48.0 Å². The zero-order valence-corrected chi connectivity index (χ0v) is 12.1. The fourth-order valence-electron chi connectivity index (χ4n) is 2.32. The predicted molar refractivity (Wildman–Crippen MR) is 55.7 cm³/mol. The number of hydrogen-bond acceptors (Lipinski definition) is 4. The quantitative estimate of drug-likeness (QED) is 0.512. The van der Waals surface area contributed by atoms with Crippen LogP contribution in [0.4, 0.5) is 52.7 Å². The molecule has 2 rings (SSSR count). The normalized spacial score (nSPS) is 29.7. The second-order valence-corrected chi connectivity index (χ2v) is 5.47. The SMILES string of the molecule is OC([C@H]1C=C[C@@]2(COC(C(F)(F)F)(C(F)(F)F)O2)O1)(C(F)(F)F)C(F)(F)F. The highest BCUT2D eigenvalue weighted by molar-refractivity contribution is 5.19. The van der Waals surface area contributed by atoms with Crippen LogP contribution in [0.15, 0.2) is 12.2 Å². The summed E-state index contributed by atoms with van der Waals surface area (Å²) in [7, 11) is 0. The Balaban J connectivity index is 2.40. The van der Waals surface area contributed by atoms with Gasteiger partial charge >= 0.3 is 30.5 Å². The molecule has 0 amide bonds. The van der Waals surface area contributed by atoms with E-state index in [9.17, 15) is 52.7 Å². The van der Waals surface area contributed by atoms with Gasteiger partial charge in [0.05, 0.1) is 0 Å². The highest BCUT2D eigenvalue weighted by Gasteiger charge is 2.81. The lowest BCUT2D eigenvalue weighted by atomic mass is 9.95. The molecule has 0 aliphatic carbocycles. The van der Waals surface area contributed by atoms with Gasteiger partial charge in [0.2, 0.25) is 5.79 Å². The Morgan fingerprint density at radius 2 is 1.26 bits per heavy atom. The van der Waals surface area contributed by atoms with Gasteiger partial charge in [0.1, 0.15) is 12.7 Å². The Kier molecular flexibility index (Phi) is 4.60. The molecule has 0 aromatic carbocycles. The molecule has 1 saturated heterocycles. The Morgan fingerprint density at radius 3 is 1.59 bits per heavy atom. The summed E-state index contributed by atoms with van der Waals surface area (Å²) in [5, 5.41) is 9.11. The molecule has 0 bridgehead atoms. The number of ether oxygens (including phenoxy) is 3. The summed E-state index contributed by atoms with van der Waals surface area (Å²) >= 11 is 0. The molecule has 1 spiro atoms. The maximum Gasteiger partial charge on any atom is 0.453 e. The van der Waals surface area contributed by atoms with Gasteiger partial charge in [-0.2, -0.15) is 52.7 Å². The van der Waals surface area contributed by atoms with Crippen LogP contribution in [-0.2, 0) is 14.2 Å². The van der Waals surface area contributed by atoms with E-state index in [1.165, 1.54) is 0 Å².